The molecule has 5 heteroatoms. The largest absolute Gasteiger partial charge is 0.484 e. The number of amides is 2. The van der Waals surface area contributed by atoms with Gasteiger partial charge >= 0.3 is 0 Å². The van der Waals surface area contributed by atoms with Gasteiger partial charge in [-0.05, 0) is 61.6 Å². The molecule has 184 valence electrons. The van der Waals surface area contributed by atoms with Crippen molar-refractivity contribution in [2.75, 3.05) is 6.61 Å². The van der Waals surface area contributed by atoms with Crippen LogP contribution in [0.3, 0.4) is 0 Å². The van der Waals surface area contributed by atoms with Crippen molar-refractivity contribution in [1.82, 2.24) is 10.2 Å². The highest BCUT2D eigenvalue weighted by Crippen LogP contribution is 2.18. The molecule has 35 heavy (non-hydrogen) atoms. The first-order valence-corrected chi connectivity index (χ1v) is 12.2. The lowest BCUT2D eigenvalue weighted by Crippen LogP contribution is -2.53. The molecule has 1 N–H and O–H groups in total. The van der Waals surface area contributed by atoms with Crippen LogP contribution in [0.2, 0.25) is 0 Å². The predicted octanol–water partition coefficient (Wildman–Crippen LogP) is 5.24. The summed E-state index contributed by atoms with van der Waals surface area (Å²) in [7, 11) is 0. The first-order chi connectivity index (χ1) is 16.9. The zero-order valence-electron chi connectivity index (χ0n) is 21.2. The number of hydrogen-bond donors (Lipinski definition) is 1. The van der Waals surface area contributed by atoms with E-state index in [-0.39, 0.29) is 24.5 Å². The van der Waals surface area contributed by atoms with Crippen LogP contribution in [-0.4, -0.2) is 35.4 Å². The Kier molecular flexibility index (Phi) is 9.47. The van der Waals surface area contributed by atoms with Crippen molar-refractivity contribution in [1.29, 1.82) is 0 Å². The van der Waals surface area contributed by atoms with Gasteiger partial charge in [-0.3, -0.25) is 9.59 Å². The van der Waals surface area contributed by atoms with E-state index in [1.807, 2.05) is 107 Å². The summed E-state index contributed by atoms with van der Waals surface area (Å²) < 4.78 is 5.88. The number of hydrogen-bond acceptors (Lipinski definition) is 3. The van der Waals surface area contributed by atoms with E-state index in [1.165, 1.54) is 5.56 Å². The van der Waals surface area contributed by atoms with Crippen LogP contribution >= 0.6 is 0 Å². The molecule has 0 saturated carbocycles. The lowest BCUT2D eigenvalue weighted by atomic mass is 10.0. The van der Waals surface area contributed by atoms with Crippen molar-refractivity contribution in [3.8, 4) is 5.75 Å². The molecule has 0 aromatic heterocycles. The molecule has 0 aliphatic heterocycles. The minimum atomic E-state index is -0.664. The molecule has 2 atom stereocenters. The smallest absolute Gasteiger partial charge is 0.261 e. The number of nitrogens with zero attached hydrogens (tertiary/aromatic N) is 1. The fraction of sp³-hybridized carbons (Fsp3) is 0.333. The van der Waals surface area contributed by atoms with Crippen molar-refractivity contribution in [3.05, 3.63) is 101 Å². The quantitative estimate of drug-likeness (QED) is 0.415. The number of benzene rings is 3. The van der Waals surface area contributed by atoms with E-state index in [0.29, 0.717) is 18.7 Å². The molecule has 3 aromatic rings. The molecule has 2 amide bonds. The SMILES string of the molecule is CC[C@@H](C)NC(=O)[C@H](Cc1ccccc1)N(Cc1ccccc1)C(=O)COc1ccc(C)c(C)c1. The minimum Gasteiger partial charge on any atom is -0.484 e. The molecule has 0 saturated heterocycles. The highest BCUT2D eigenvalue weighted by Gasteiger charge is 2.31. The number of ether oxygens (including phenoxy) is 1. The molecule has 0 heterocycles. The summed E-state index contributed by atoms with van der Waals surface area (Å²) in [5.41, 5.74) is 4.23. The molecule has 0 bridgehead atoms. The third kappa shape index (κ3) is 7.71. The fourth-order valence-corrected chi connectivity index (χ4v) is 3.81. The van der Waals surface area contributed by atoms with Crippen LogP contribution in [0, 0.1) is 13.8 Å². The van der Waals surface area contributed by atoms with Gasteiger partial charge < -0.3 is 15.0 Å². The van der Waals surface area contributed by atoms with Gasteiger partial charge in [-0.25, -0.2) is 0 Å². The van der Waals surface area contributed by atoms with Crippen LogP contribution in [0.25, 0.3) is 0 Å². The van der Waals surface area contributed by atoms with Crippen LogP contribution in [0.4, 0.5) is 0 Å². The molecule has 0 aliphatic carbocycles. The summed E-state index contributed by atoms with van der Waals surface area (Å²) in [6.45, 7) is 8.24. The van der Waals surface area contributed by atoms with Crippen molar-refractivity contribution >= 4 is 11.8 Å². The summed E-state index contributed by atoms with van der Waals surface area (Å²) in [5.74, 6) is 0.260. The van der Waals surface area contributed by atoms with E-state index in [2.05, 4.69) is 5.32 Å². The van der Waals surface area contributed by atoms with Gasteiger partial charge in [0.15, 0.2) is 6.61 Å². The van der Waals surface area contributed by atoms with Crippen LogP contribution in [0.5, 0.6) is 5.75 Å². The van der Waals surface area contributed by atoms with Gasteiger partial charge in [0, 0.05) is 19.0 Å². The van der Waals surface area contributed by atoms with E-state index in [1.54, 1.807) is 4.90 Å². The molecular weight excluding hydrogens is 436 g/mol. The molecule has 0 fully saturated rings. The second-order valence-corrected chi connectivity index (χ2v) is 9.07. The van der Waals surface area contributed by atoms with Crippen molar-refractivity contribution in [2.24, 2.45) is 0 Å². The molecule has 0 unspecified atom stereocenters. The molecular formula is C30H36N2O3. The average molecular weight is 473 g/mol. The number of nitrogens with one attached hydrogen (secondary N) is 1. The third-order valence-electron chi connectivity index (χ3n) is 6.31. The monoisotopic (exact) mass is 472 g/mol. The standard InChI is InChI=1S/C30H36N2O3/c1-5-24(4)31-30(34)28(19-25-12-8-6-9-13-25)32(20-26-14-10-7-11-15-26)29(33)21-35-27-17-16-22(2)23(3)18-27/h6-18,24,28H,5,19-21H2,1-4H3,(H,31,34)/t24-,28+/m1/s1. The van der Waals surface area contributed by atoms with Crippen LogP contribution in [-0.2, 0) is 22.6 Å². The van der Waals surface area contributed by atoms with E-state index in [9.17, 15) is 9.59 Å². The zero-order chi connectivity index (χ0) is 25.2. The third-order valence-corrected chi connectivity index (χ3v) is 6.31. The van der Waals surface area contributed by atoms with Gasteiger partial charge in [0.1, 0.15) is 11.8 Å². The second kappa shape index (κ2) is 12.7. The summed E-state index contributed by atoms with van der Waals surface area (Å²) >= 11 is 0. The number of carbonyl (C=O) groups excluding carboxylic acids is 2. The Morgan fingerprint density at radius 1 is 0.886 bits per heavy atom. The molecule has 0 aliphatic rings. The van der Waals surface area contributed by atoms with Gasteiger partial charge in [0.2, 0.25) is 5.91 Å². The number of rotatable bonds is 11. The van der Waals surface area contributed by atoms with E-state index >= 15 is 0 Å². The van der Waals surface area contributed by atoms with Crippen LogP contribution < -0.4 is 10.1 Å². The van der Waals surface area contributed by atoms with E-state index in [0.717, 1.165) is 23.1 Å². The molecule has 3 aromatic carbocycles. The molecule has 3 rings (SSSR count). The maximum Gasteiger partial charge on any atom is 0.261 e. The molecule has 0 radical (unpaired) electrons. The summed E-state index contributed by atoms with van der Waals surface area (Å²) in [6, 6.07) is 24.7. The molecule has 0 spiro atoms. The maximum atomic E-state index is 13.6. The topological polar surface area (TPSA) is 58.6 Å². The van der Waals surface area contributed by atoms with Crippen LogP contribution in [0.15, 0.2) is 78.9 Å². The first-order valence-electron chi connectivity index (χ1n) is 12.2. The number of carbonyl (C=O) groups is 2. The first kappa shape index (κ1) is 26.0. The lowest BCUT2D eigenvalue weighted by molar-refractivity contribution is -0.143. The summed E-state index contributed by atoms with van der Waals surface area (Å²) in [6.07, 6.45) is 1.23. The highest BCUT2D eigenvalue weighted by atomic mass is 16.5. The molecule has 5 nitrogen and oxygen atoms in total. The normalized spacial score (nSPS) is 12.5. The Labute approximate surface area is 209 Å². The van der Waals surface area contributed by atoms with Crippen molar-refractivity contribution in [3.63, 3.8) is 0 Å². The van der Waals surface area contributed by atoms with Gasteiger partial charge in [-0.15, -0.1) is 0 Å². The van der Waals surface area contributed by atoms with Gasteiger partial charge in [-0.1, -0.05) is 73.7 Å². The van der Waals surface area contributed by atoms with E-state index < -0.39 is 6.04 Å². The Bertz CT molecular complexity index is 1100. The van der Waals surface area contributed by atoms with Gasteiger partial charge in [0.05, 0.1) is 0 Å². The zero-order valence-corrected chi connectivity index (χ0v) is 21.2. The minimum absolute atomic E-state index is 0.0150. The van der Waals surface area contributed by atoms with Crippen molar-refractivity contribution in [2.45, 2.75) is 59.2 Å². The second-order valence-electron chi connectivity index (χ2n) is 9.07. The maximum absolute atomic E-state index is 13.6. The summed E-state index contributed by atoms with van der Waals surface area (Å²) in [5, 5.41) is 3.08. The highest BCUT2D eigenvalue weighted by molar-refractivity contribution is 5.88. The lowest BCUT2D eigenvalue weighted by Gasteiger charge is -2.32. The Hall–Kier alpha value is -3.60. The van der Waals surface area contributed by atoms with Crippen LogP contribution in [0.1, 0.15) is 42.5 Å². The summed E-state index contributed by atoms with van der Waals surface area (Å²) in [4.78, 5) is 28.7. The van der Waals surface area contributed by atoms with Gasteiger partial charge in [0.25, 0.3) is 5.91 Å². The Morgan fingerprint density at radius 2 is 1.51 bits per heavy atom. The Morgan fingerprint density at radius 3 is 2.11 bits per heavy atom. The predicted molar refractivity (Wildman–Crippen MR) is 140 cm³/mol. The number of aryl methyl sites for hydroxylation is 2. The fourth-order valence-electron chi connectivity index (χ4n) is 3.81. The average Bonchev–Trinajstić information content (AvgIpc) is 2.87. The van der Waals surface area contributed by atoms with E-state index in [4.69, 9.17) is 4.74 Å². The van der Waals surface area contributed by atoms with Gasteiger partial charge in [-0.2, -0.15) is 0 Å². The van der Waals surface area contributed by atoms with Crippen molar-refractivity contribution < 1.29 is 14.3 Å². The Balaban J connectivity index is 1.89.